The second kappa shape index (κ2) is 9.12. The molecule has 10 nitrogen and oxygen atoms in total. The minimum absolute atomic E-state index is 0.0461. The van der Waals surface area contributed by atoms with Gasteiger partial charge in [0.25, 0.3) is 11.8 Å². The van der Waals surface area contributed by atoms with Crippen molar-refractivity contribution in [2.45, 2.75) is 30.3 Å². The van der Waals surface area contributed by atoms with Crippen LogP contribution in [0, 0.1) is 0 Å². The quantitative estimate of drug-likeness (QED) is 0.421. The lowest BCUT2D eigenvalue weighted by Crippen LogP contribution is -2.48. The lowest BCUT2D eigenvalue weighted by atomic mass is 9.87. The zero-order valence-corrected chi connectivity index (χ0v) is 19.0. The van der Waals surface area contributed by atoms with Crippen LogP contribution in [0.5, 0.6) is 0 Å². The van der Waals surface area contributed by atoms with E-state index in [1.165, 1.54) is 24.5 Å². The highest BCUT2D eigenvalue weighted by Crippen LogP contribution is 2.31. The number of hydrogen-bond acceptors (Lipinski definition) is 6. The van der Waals surface area contributed by atoms with Crippen molar-refractivity contribution in [2.24, 2.45) is 0 Å². The second-order valence-electron chi connectivity index (χ2n) is 7.57. The standard InChI is InChI=1S/C23H22N4O6S/c1-2-23(17-9-4-3-5-10-17)21(29)27(22(30)25-23)26-20(28)16-8-6-12-19(14-16)34(31,32)24-15-18-11-7-13-33-18/h3-14,24H,2,15H2,1H3,(H,25,30)(H,26,28). The highest BCUT2D eigenvalue weighted by molar-refractivity contribution is 7.89. The van der Waals surface area contributed by atoms with E-state index in [9.17, 15) is 22.8 Å². The molecule has 0 radical (unpaired) electrons. The first-order valence-corrected chi connectivity index (χ1v) is 11.9. The number of benzene rings is 2. The maximum atomic E-state index is 13.2. The number of imide groups is 1. The molecular weight excluding hydrogens is 460 g/mol. The van der Waals surface area contributed by atoms with Gasteiger partial charge in [0.05, 0.1) is 17.7 Å². The Bertz CT molecular complexity index is 1320. The third-order valence-corrected chi connectivity index (χ3v) is 6.92. The molecular formula is C23H22N4O6S. The average molecular weight is 483 g/mol. The molecule has 0 saturated carbocycles. The number of sulfonamides is 1. The van der Waals surface area contributed by atoms with Gasteiger partial charge in [0.1, 0.15) is 11.3 Å². The normalized spacial score (nSPS) is 18.1. The van der Waals surface area contributed by atoms with Gasteiger partial charge in [-0.25, -0.2) is 17.9 Å². The molecule has 1 aliphatic rings. The summed E-state index contributed by atoms with van der Waals surface area (Å²) >= 11 is 0. The first kappa shape index (κ1) is 23.2. The van der Waals surface area contributed by atoms with E-state index in [2.05, 4.69) is 15.5 Å². The largest absolute Gasteiger partial charge is 0.468 e. The lowest BCUT2D eigenvalue weighted by molar-refractivity contribution is -0.133. The lowest BCUT2D eigenvalue weighted by Gasteiger charge is -2.25. The number of hydrogen-bond donors (Lipinski definition) is 3. The molecule has 4 rings (SSSR count). The van der Waals surface area contributed by atoms with Crippen molar-refractivity contribution in [3.8, 4) is 0 Å². The summed E-state index contributed by atoms with van der Waals surface area (Å²) in [5.74, 6) is -1.02. The third kappa shape index (κ3) is 4.30. The van der Waals surface area contributed by atoms with Crippen LogP contribution >= 0.6 is 0 Å². The van der Waals surface area contributed by atoms with E-state index in [-0.39, 0.29) is 23.4 Å². The topological polar surface area (TPSA) is 138 Å². The molecule has 1 fully saturated rings. The van der Waals surface area contributed by atoms with Crippen LogP contribution < -0.4 is 15.5 Å². The number of furan rings is 1. The Hall–Kier alpha value is -3.96. The summed E-state index contributed by atoms with van der Waals surface area (Å²) in [6.07, 6.45) is 1.69. The molecule has 0 spiro atoms. The van der Waals surface area contributed by atoms with Gasteiger partial charge in [-0.3, -0.25) is 15.0 Å². The smallest absolute Gasteiger partial charge is 0.344 e. The third-order valence-electron chi connectivity index (χ3n) is 5.52. The van der Waals surface area contributed by atoms with E-state index in [0.29, 0.717) is 16.3 Å². The number of urea groups is 1. The Balaban J connectivity index is 1.52. The van der Waals surface area contributed by atoms with E-state index in [1.807, 2.05) is 0 Å². The van der Waals surface area contributed by atoms with Gasteiger partial charge in [0.2, 0.25) is 10.0 Å². The molecule has 1 atom stereocenters. The Labute approximate surface area is 196 Å². The Morgan fingerprint density at radius 2 is 1.82 bits per heavy atom. The first-order valence-electron chi connectivity index (χ1n) is 10.4. The maximum absolute atomic E-state index is 13.2. The maximum Gasteiger partial charge on any atom is 0.344 e. The van der Waals surface area contributed by atoms with Crippen LogP contribution in [-0.2, 0) is 26.9 Å². The molecule has 1 saturated heterocycles. The summed E-state index contributed by atoms with van der Waals surface area (Å²) in [4.78, 5) is 38.4. The van der Waals surface area contributed by atoms with Crippen LogP contribution in [0.25, 0.3) is 0 Å². The number of nitrogens with one attached hydrogen (secondary N) is 3. The predicted molar refractivity (Wildman–Crippen MR) is 120 cm³/mol. The number of amides is 4. The van der Waals surface area contributed by atoms with Gasteiger partial charge in [0.15, 0.2) is 0 Å². The summed E-state index contributed by atoms with van der Waals surface area (Å²) in [5.41, 5.74) is 1.52. The van der Waals surface area contributed by atoms with Gasteiger partial charge >= 0.3 is 6.03 Å². The fourth-order valence-electron chi connectivity index (χ4n) is 3.67. The fraction of sp³-hybridized carbons (Fsp3) is 0.174. The van der Waals surface area contributed by atoms with Crippen LogP contribution in [0.3, 0.4) is 0 Å². The van der Waals surface area contributed by atoms with Gasteiger partial charge in [-0.05, 0) is 42.3 Å². The molecule has 176 valence electrons. The SMILES string of the molecule is CCC1(c2ccccc2)NC(=O)N(NC(=O)c2cccc(S(=O)(=O)NCc3ccco3)c2)C1=O. The van der Waals surface area contributed by atoms with E-state index in [4.69, 9.17) is 4.42 Å². The molecule has 1 aromatic heterocycles. The molecule has 2 heterocycles. The number of carbonyl (C=O) groups is 3. The summed E-state index contributed by atoms with van der Waals surface area (Å²) in [5, 5.41) is 3.28. The van der Waals surface area contributed by atoms with Gasteiger partial charge in [-0.1, -0.05) is 43.3 Å². The molecule has 3 N–H and O–H groups in total. The number of rotatable bonds is 8. The first-order chi connectivity index (χ1) is 16.3. The van der Waals surface area contributed by atoms with Crippen molar-refractivity contribution in [2.75, 3.05) is 0 Å². The Morgan fingerprint density at radius 1 is 1.06 bits per heavy atom. The van der Waals surface area contributed by atoms with Crippen molar-refractivity contribution in [1.82, 2.24) is 20.5 Å². The monoisotopic (exact) mass is 482 g/mol. The van der Waals surface area contributed by atoms with Gasteiger partial charge in [-0.15, -0.1) is 0 Å². The highest BCUT2D eigenvalue weighted by atomic mass is 32.2. The molecule has 0 bridgehead atoms. The summed E-state index contributed by atoms with van der Waals surface area (Å²) in [7, 11) is -3.95. The molecule has 1 unspecified atom stereocenters. The van der Waals surface area contributed by atoms with Crippen molar-refractivity contribution in [3.63, 3.8) is 0 Å². The molecule has 1 aliphatic heterocycles. The highest BCUT2D eigenvalue weighted by Gasteiger charge is 2.52. The molecule has 34 heavy (non-hydrogen) atoms. The molecule has 0 aliphatic carbocycles. The fourth-order valence-corrected chi connectivity index (χ4v) is 4.71. The van der Waals surface area contributed by atoms with Gasteiger partial charge < -0.3 is 9.73 Å². The van der Waals surface area contributed by atoms with E-state index in [1.54, 1.807) is 49.4 Å². The summed E-state index contributed by atoms with van der Waals surface area (Å²) in [6.45, 7) is 1.69. The minimum atomic E-state index is -3.95. The Kier molecular flexibility index (Phi) is 6.22. The minimum Gasteiger partial charge on any atom is -0.468 e. The molecule has 11 heteroatoms. The van der Waals surface area contributed by atoms with Crippen LogP contribution in [0.4, 0.5) is 4.79 Å². The molecule has 4 amide bonds. The van der Waals surface area contributed by atoms with Crippen molar-refractivity contribution in [1.29, 1.82) is 0 Å². The van der Waals surface area contributed by atoms with Crippen molar-refractivity contribution in [3.05, 3.63) is 89.9 Å². The van der Waals surface area contributed by atoms with Crippen LogP contribution in [0.1, 0.15) is 35.0 Å². The number of nitrogens with zero attached hydrogens (tertiary/aromatic N) is 1. The van der Waals surface area contributed by atoms with Crippen molar-refractivity contribution < 1.29 is 27.2 Å². The van der Waals surface area contributed by atoms with Gasteiger partial charge in [-0.2, -0.15) is 5.01 Å². The van der Waals surface area contributed by atoms with E-state index >= 15 is 0 Å². The average Bonchev–Trinajstić information content (AvgIpc) is 3.46. The van der Waals surface area contributed by atoms with E-state index in [0.717, 1.165) is 6.07 Å². The van der Waals surface area contributed by atoms with Crippen LogP contribution in [0.2, 0.25) is 0 Å². The van der Waals surface area contributed by atoms with Crippen LogP contribution in [-0.4, -0.2) is 31.3 Å². The van der Waals surface area contributed by atoms with E-state index < -0.39 is 33.4 Å². The van der Waals surface area contributed by atoms with Gasteiger partial charge in [0, 0.05) is 5.56 Å². The zero-order valence-electron chi connectivity index (χ0n) is 18.1. The molecule has 3 aromatic rings. The Morgan fingerprint density at radius 3 is 2.50 bits per heavy atom. The summed E-state index contributed by atoms with van der Waals surface area (Å²) in [6, 6.07) is 16.4. The molecule has 2 aromatic carbocycles. The summed E-state index contributed by atoms with van der Waals surface area (Å²) < 4.78 is 32.7. The van der Waals surface area contributed by atoms with Crippen LogP contribution in [0.15, 0.2) is 82.3 Å². The predicted octanol–water partition coefficient (Wildman–Crippen LogP) is 2.26. The number of carbonyl (C=O) groups excluding carboxylic acids is 3. The second-order valence-corrected chi connectivity index (χ2v) is 9.34. The number of hydrazine groups is 1. The zero-order chi connectivity index (χ0) is 24.3. The van der Waals surface area contributed by atoms with Crippen molar-refractivity contribution >= 4 is 27.9 Å².